The lowest BCUT2D eigenvalue weighted by atomic mass is 9.91. The Morgan fingerprint density at radius 3 is 2.59 bits per heavy atom. The summed E-state index contributed by atoms with van der Waals surface area (Å²) < 4.78 is 6.63. The van der Waals surface area contributed by atoms with E-state index in [0.29, 0.717) is 17.0 Å². The molecule has 6 rings (SSSR count). The Morgan fingerprint density at radius 1 is 1.00 bits per heavy atom. The van der Waals surface area contributed by atoms with Crippen LogP contribution in [0.3, 0.4) is 0 Å². The molecule has 0 spiro atoms. The molecule has 1 aliphatic carbocycles. The van der Waals surface area contributed by atoms with Crippen molar-refractivity contribution in [2.75, 3.05) is 7.11 Å². The van der Waals surface area contributed by atoms with Crippen molar-refractivity contribution in [2.45, 2.75) is 18.3 Å². The van der Waals surface area contributed by atoms with Crippen molar-refractivity contribution in [1.29, 1.82) is 0 Å². The van der Waals surface area contributed by atoms with Gasteiger partial charge >= 0.3 is 5.97 Å². The van der Waals surface area contributed by atoms with Crippen LogP contribution in [0.1, 0.15) is 34.5 Å². The van der Waals surface area contributed by atoms with Gasteiger partial charge in [0.15, 0.2) is 0 Å². The number of esters is 1. The van der Waals surface area contributed by atoms with Gasteiger partial charge < -0.3 is 4.74 Å². The van der Waals surface area contributed by atoms with Gasteiger partial charge in [-0.3, -0.25) is 4.98 Å². The molecule has 156 valence electrons. The standard InChI is InChI=1S/C25H19N5O2/c1-32-23(31)17-6-4-16(5-7-17)21-14-27-24-28-15-22(30(24)29-21)25(10-11-25)19-8-9-20-18(13-19)3-2-12-26-20/h2-9,12-15H,10-11H2,1H3. The molecular weight excluding hydrogens is 402 g/mol. The number of fused-ring (bicyclic) bond motifs is 2. The molecule has 5 aromatic rings. The highest BCUT2D eigenvalue weighted by molar-refractivity contribution is 5.89. The van der Waals surface area contributed by atoms with E-state index in [4.69, 9.17) is 9.84 Å². The minimum Gasteiger partial charge on any atom is -0.465 e. The van der Waals surface area contributed by atoms with E-state index in [-0.39, 0.29) is 11.4 Å². The molecule has 3 heterocycles. The van der Waals surface area contributed by atoms with Gasteiger partial charge in [0.2, 0.25) is 0 Å². The van der Waals surface area contributed by atoms with E-state index in [1.165, 1.54) is 12.7 Å². The maximum Gasteiger partial charge on any atom is 0.337 e. The zero-order valence-corrected chi connectivity index (χ0v) is 17.4. The molecule has 1 saturated carbocycles. The topological polar surface area (TPSA) is 82.3 Å². The average molecular weight is 421 g/mol. The first-order valence-corrected chi connectivity index (χ1v) is 10.4. The highest BCUT2D eigenvalue weighted by Crippen LogP contribution is 2.53. The Hall–Kier alpha value is -4.13. The predicted molar refractivity (Wildman–Crippen MR) is 119 cm³/mol. The lowest BCUT2D eigenvalue weighted by molar-refractivity contribution is 0.0601. The molecule has 0 unspecified atom stereocenters. The summed E-state index contributed by atoms with van der Waals surface area (Å²) in [6, 6.07) is 17.7. The molecule has 0 atom stereocenters. The second-order valence-electron chi connectivity index (χ2n) is 8.06. The number of ether oxygens (including phenoxy) is 1. The number of carbonyl (C=O) groups excluding carboxylic acids is 1. The lowest BCUT2D eigenvalue weighted by Gasteiger charge is -2.16. The van der Waals surface area contributed by atoms with Gasteiger partial charge in [0, 0.05) is 22.6 Å². The smallest absolute Gasteiger partial charge is 0.337 e. The van der Waals surface area contributed by atoms with Crippen LogP contribution in [0, 0.1) is 0 Å². The second-order valence-corrected chi connectivity index (χ2v) is 8.06. The Bertz CT molecular complexity index is 1490. The highest BCUT2D eigenvalue weighted by atomic mass is 16.5. The van der Waals surface area contributed by atoms with E-state index in [0.717, 1.165) is 35.0 Å². The largest absolute Gasteiger partial charge is 0.465 e. The van der Waals surface area contributed by atoms with Gasteiger partial charge in [-0.1, -0.05) is 24.3 Å². The summed E-state index contributed by atoms with van der Waals surface area (Å²) in [7, 11) is 1.37. The van der Waals surface area contributed by atoms with E-state index in [9.17, 15) is 4.79 Å². The predicted octanol–water partition coefficient (Wildman–Crippen LogP) is 4.21. The Kier molecular flexibility index (Phi) is 4.04. The van der Waals surface area contributed by atoms with Crippen LogP contribution in [-0.4, -0.2) is 37.6 Å². The molecule has 0 aliphatic heterocycles. The summed E-state index contributed by atoms with van der Waals surface area (Å²) in [5, 5.41) is 5.98. The Balaban J connectivity index is 1.42. The Labute approximate surface area is 183 Å². The molecule has 1 aliphatic rings. The zero-order valence-electron chi connectivity index (χ0n) is 17.4. The lowest BCUT2D eigenvalue weighted by Crippen LogP contribution is -2.14. The van der Waals surface area contributed by atoms with E-state index in [1.54, 1.807) is 18.3 Å². The number of rotatable bonds is 4. The summed E-state index contributed by atoms with van der Waals surface area (Å²) in [6.45, 7) is 0. The SMILES string of the molecule is COC(=O)c1ccc(-c2cnc3ncc(C4(c5ccc6ncccc6c5)CC4)n3n2)cc1. The van der Waals surface area contributed by atoms with Crippen LogP contribution in [0.5, 0.6) is 0 Å². The molecular formula is C25H19N5O2. The van der Waals surface area contributed by atoms with Gasteiger partial charge in [-0.05, 0) is 48.7 Å². The minimum atomic E-state index is -0.365. The number of hydrogen-bond acceptors (Lipinski definition) is 6. The third-order valence-electron chi connectivity index (χ3n) is 6.23. The fraction of sp³-hybridized carbons (Fsp3) is 0.160. The normalized spacial score (nSPS) is 14.5. The number of imidazole rings is 1. The molecule has 32 heavy (non-hydrogen) atoms. The fourth-order valence-corrected chi connectivity index (χ4v) is 4.32. The van der Waals surface area contributed by atoms with Crippen LogP contribution in [0.4, 0.5) is 0 Å². The van der Waals surface area contributed by atoms with Gasteiger partial charge in [-0.2, -0.15) is 9.61 Å². The second kappa shape index (κ2) is 6.95. The molecule has 3 aromatic heterocycles. The van der Waals surface area contributed by atoms with Crippen LogP contribution in [0.15, 0.2) is 73.2 Å². The third-order valence-corrected chi connectivity index (χ3v) is 6.23. The van der Waals surface area contributed by atoms with E-state index in [2.05, 4.69) is 39.2 Å². The van der Waals surface area contributed by atoms with Crippen molar-refractivity contribution < 1.29 is 9.53 Å². The quantitative estimate of drug-likeness (QED) is 0.405. The van der Waals surface area contributed by atoms with Gasteiger partial charge in [-0.25, -0.2) is 14.8 Å². The number of benzene rings is 2. The first kappa shape index (κ1) is 18.6. The van der Waals surface area contributed by atoms with Crippen molar-refractivity contribution in [2.24, 2.45) is 0 Å². The van der Waals surface area contributed by atoms with Crippen LogP contribution in [0.25, 0.3) is 27.9 Å². The monoisotopic (exact) mass is 421 g/mol. The van der Waals surface area contributed by atoms with Crippen LogP contribution in [-0.2, 0) is 10.2 Å². The molecule has 0 bridgehead atoms. The number of methoxy groups -OCH3 is 1. The van der Waals surface area contributed by atoms with Crippen molar-refractivity contribution in [3.63, 3.8) is 0 Å². The third kappa shape index (κ3) is 2.85. The Morgan fingerprint density at radius 2 is 1.81 bits per heavy atom. The number of nitrogens with zero attached hydrogens (tertiary/aromatic N) is 5. The van der Waals surface area contributed by atoms with E-state index >= 15 is 0 Å². The van der Waals surface area contributed by atoms with Crippen molar-refractivity contribution >= 4 is 22.6 Å². The molecule has 0 radical (unpaired) electrons. The fourth-order valence-electron chi connectivity index (χ4n) is 4.32. The average Bonchev–Trinajstić information content (AvgIpc) is 3.55. The van der Waals surface area contributed by atoms with Crippen LogP contribution < -0.4 is 0 Å². The zero-order chi connectivity index (χ0) is 21.7. The van der Waals surface area contributed by atoms with Crippen molar-refractivity contribution in [3.8, 4) is 11.3 Å². The molecule has 1 fully saturated rings. The van der Waals surface area contributed by atoms with Crippen LogP contribution in [0.2, 0.25) is 0 Å². The van der Waals surface area contributed by atoms with Crippen LogP contribution >= 0.6 is 0 Å². The maximum absolute atomic E-state index is 11.7. The van der Waals surface area contributed by atoms with Crippen molar-refractivity contribution in [3.05, 3.63) is 90.0 Å². The number of pyridine rings is 1. The molecule has 0 amide bonds. The summed E-state index contributed by atoms with van der Waals surface area (Å²) in [5.41, 5.74) is 5.23. The van der Waals surface area contributed by atoms with Gasteiger partial charge in [0.05, 0.1) is 36.3 Å². The summed E-state index contributed by atoms with van der Waals surface area (Å²) >= 11 is 0. The van der Waals surface area contributed by atoms with E-state index < -0.39 is 0 Å². The van der Waals surface area contributed by atoms with E-state index in [1.807, 2.05) is 35.1 Å². The number of hydrogen-bond donors (Lipinski definition) is 0. The first-order chi connectivity index (χ1) is 15.7. The molecule has 0 saturated heterocycles. The summed E-state index contributed by atoms with van der Waals surface area (Å²) in [4.78, 5) is 25.2. The molecule has 7 nitrogen and oxygen atoms in total. The molecule has 0 N–H and O–H groups in total. The first-order valence-electron chi connectivity index (χ1n) is 10.4. The summed E-state index contributed by atoms with van der Waals surface area (Å²) in [5.74, 6) is 0.208. The van der Waals surface area contributed by atoms with Crippen molar-refractivity contribution in [1.82, 2.24) is 24.6 Å². The van der Waals surface area contributed by atoms with Gasteiger partial charge in [-0.15, -0.1) is 0 Å². The van der Waals surface area contributed by atoms with Gasteiger partial charge in [0.25, 0.3) is 5.78 Å². The minimum absolute atomic E-state index is 0.120. The van der Waals surface area contributed by atoms with Gasteiger partial charge in [0.1, 0.15) is 5.69 Å². The summed E-state index contributed by atoms with van der Waals surface area (Å²) in [6.07, 6.45) is 7.48. The molecule has 7 heteroatoms. The number of aromatic nitrogens is 5. The maximum atomic E-state index is 11.7. The number of carbonyl (C=O) groups is 1. The molecule has 2 aromatic carbocycles. The highest BCUT2D eigenvalue weighted by Gasteiger charge is 2.48.